The van der Waals surface area contributed by atoms with E-state index in [1.54, 1.807) is 0 Å². The molecule has 0 aliphatic rings. The molecule has 110 valence electrons. The standard InChI is InChI=1S/C11H15N3O4S2/c1-7(16)13-11-14-8(5-20-11)4-19-3-2-9(10(17)18)12-6-15/h5-6,9H,2-4H2,1H3,(H,12,15)(H,17,18)(H,13,14,16). The molecule has 2 amide bonds. The van der Waals surface area contributed by atoms with Crippen molar-refractivity contribution in [1.82, 2.24) is 10.3 Å². The molecular weight excluding hydrogens is 302 g/mol. The minimum Gasteiger partial charge on any atom is -0.480 e. The van der Waals surface area contributed by atoms with Gasteiger partial charge in [-0.15, -0.1) is 11.3 Å². The van der Waals surface area contributed by atoms with E-state index in [0.717, 1.165) is 5.69 Å². The summed E-state index contributed by atoms with van der Waals surface area (Å²) in [5.74, 6) is 0.0102. The molecule has 0 saturated heterocycles. The van der Waals surface area contributed by atoms with E-state index in [2.05, 4.69) is 15.6 Å². The summed E-state index contributed by atoms with van der Waals surface area (Å²) < 4.78 is 0. The molecule has 1 aromatic heterocycles. The topological polar surface area (TPSA) is 108 Å². The molecule has 7 nitrogen and oxygen atoms in total. The normalized spacial score (nSPS) is 11.7. The first kappa shape index (κ1) is 16.4. The van der Waals surface area contributed by atoms with Crippen molar-refractivity contribution in [3.05, 3.63) is 11.1 Å². The summed E-state index contributed by atoms with van der Waals surface area (Å²) in [4.78, 5) is 36.1. The Morgan fingerprint density at radius 2 is 2.35 bits per heavy atom. The minimum absolute atomic E-state index is 0.164. The molecule has 0 aliphatic heterocycles. The zero-order valence-corrected chi connectivity index (χ0v) is 12.4. The Balaban J connectivity index is 2.29. The number of hydrogen-bond acceptors (Lipinski definition) is 6. The predicted molar refractivity (Wildman–Crippen MR) is 77.8 cm³/mol. The van der Waals surface area contributed by atoms with Gasteiger partial charge >= 0.3 is 5.97 Å². The van der Waals surface area contributed by atoms with Crippen LogP contribution in [0.2, 0.25) is 0 Å². The largest absolute Gasteiger partial charge is 0.480 e. The lowest BCUT2D eigenvalue weighted by molar-refractivity contribution is -0.140. The van der Waals surface area contributed by atoms with Crippen LogP contribution in [-0.4, -0.2) is 40.2 Å². The number of rotatable bonds is 9. The quantitative estimate of drug-likeness (QED) is 0.462. The monoisotopic (exact) mass is 317 g/mol. The number of carbonyl (C=O) groups is 3. The van der Waals surface area contributed by atoms with Crippen molar-refractivity contribution in [2.45, 2.75) is 25.1 Å². The first-order valence-corrected chi connectivity index (χ1v) is 7.78. The van der Waals surface area contributed by atoms with Gasteiger partial charge in [-0.05, 0) is 12.2 Å². The summed E-state index contributed by atoms with van der Waals surface area (Å²) in [6, 6.07) is -0.856. The van der Waals surface area contributed by atoms with E-state index in [0.29, 0.717) is 29.5 Å². The van der Waals surface area contributed by atoms with Crippen LogP contribution in [0.1, 0.15) is 19.0 Å². The van der Waals surface area contributed by atoms with Crippen molar-refractivity contribution in [3.8, 4) is 0 Å². The van der Waals surface area contributed by atoms with E-state index in [1.165, 1.54) is 30.0 Å². The Labute approximate surface area is 124 Å². The van der Waals surface area contributed by atoms with Crippen molar-refractivity contribution < 1.29 is 19.5 Å². The van der Waals surface area contributed by atoms with Crippen LogP contribution < -0.4 is 10.6 Å². The molecule has 0 fully saturated rings. The maximum Gasteiger partial charge on any atom is 0.326 e. The molecular formula is C11H15N3O4S2. The number of hydrogen-bond donors (Lipinski definition) is 3. The Morgan fingerprint density at radius 3 is 2.95 bits per heavy atom. The van der Waals surface area contributed by atoms with Crippen molar-refractivity contribution in [2.24, 2.45) is 0 Å². The van der Waals surface area contributed by atoms with Gasteiger partial charge in [0.1, 0.15) is 6.04 Å². The third-order valence-corrected chi connectivity index (χ3v) is 4.03. The number of nitrogens with one attached hydrogen (secondary N) is 2. The van der Waals surface area contributed by atoms with Crippen LogP contribution in [0, 0.1) is 0 Å². The molecule has 1 heterocycles. The Hall–Kier alpha value is -1.61. The van der Waals surface area contributed by atoms with Gasteiger partial charge in [-0.3, -0.25) is 9.59 Å². The van der Waals surface area contributed by atoms with Crippen molar-refractivity contribution in [3.63, 3.8) is 0 Å². The van der Waals surface area contributed by atoms with E-state index in [1.807, 2.05) is 5.38 Å². The second kappa shape index (κ2) is 8.54. The van der Waals surface area contributed by atoms with E-state index < -0.39 is 12.0 Å². The van der Waals surface area contributed by atoms with Crippen LogP contribution >= 0.6 is 23.1 Å². The van der Waals surface area contributed by atoms with Gasteiger partial charge in [0.25, 0.3) is 0 Å². The van der Waals surface area contributed by atoms with Gasteiger partial charge in [-0.1, -0.05) is 0 Å². The molecule has 0 bridgehead atoms. The van der Waals surface area contributed by atoms with Crippen molar-refractivity contribution in [2.75, 3.05) is 11.1 Å². The molecule has 0 aromatic carbocycles. The summed E-state index contributed by atoms with van der Waals surface area (Å²) in [6.45, 7) is 1.42. The summed E-state index contributed by atoms with van der Waals surface area (Å²) in [5, 5.41) is 16.1. The third-order valence-electron chi connectivity index (χ3n) is 2.20. The number of thioether (sulfide) groups is 1. The Bertz CT molecular complexity index is 478. The number of carbonyl (C=O) groups excluding carboxylic acids is 2. The van der Waals surface area contributed by atoms with E-state index in [9.17, 15) is 14.4 Å². The SMILES string of the molecule is CC(=O)Nc1nc(CSCCC(NC=O)C(=O)O)cs1. The molecule has 0 radical (unpaired) electrons. The minimum atomic E-state index is -1.04. The molecule has 1 aromatic rings. The highest BCUT2D eigenvalue weighted by Gasteiger charge is 2.15. The van der Waals surface area contributed by atoms with Gasteiger partial charge < -0.3 is 15.7 Å². The highest BCUT2D eigenvalue weighted by molar-refractivity contribution is 7.98. The molecule has 3 N–H and O–H groups in total. The summed E-state index contributed by atoms with van der Waals surface area (Å²) >= 11 is 2.87. The van der Waals surface area contributed by atoms with Crippen LogP contribution in [-0.2, 0) is 20.1 Å². The van der Waals surface area contributed by atoms with Gasteiger partial charge in [0.2, 0.25) is 12.3 Å². The first-order valence-electron chi connectivity index (χ1n) is 5.75. The van der Waals surface area contributed by atoms with Crippen LogP contribution in [0.15, 0.2) is 5.38 Å². The number of carboxylic acid groups (broad SMARTS) is 1. The fourth-order valence-electron chi connectivity index (χ4n) is 1.32. The maximum absolute atomic E-state index is 10.8. The average molecular weight is 317 g/mol. The summed E-state index contributed by atoms with van der Waals surface area (Å²) in [7, 11) is 0. The zero-order valence-electron chi connectivity index (χ0n) is 10.8. The number of anilines is 1. The second-order valence-electron chi connectivity index (χ2n) is 3.84. The van der Waals surface area contributed by atoms with Crippen LogP contribution in [0.3, 0.4) is 0 Å². The molecule has 1 rings (SSSR count). The highest BCUT2D eigenvalue weighted by atomic mass is 32.2. The van der Waals surface area contributed by atoms with Gasteiger partial charge in [-0.25, -0.2) is 9.78 Å². The Morgan fingerprint density at radius 1 is 1.60 bits per heavy atom. The molecule has 20 heavy (non-hydrogen) atoms. The predicted octanol–water partition coefficient (Wildman–Crippen LogP) is 0.924. The van der Waals surface area contributed by atoms with E-state index >= 15 is 0 Å². The Kier molecular flexibility index (Phi) is 7.02. The van der Waals surface area contributed by atoms with Crippen LogP contribution in [0.5, 0.6) is 0 Å². The summed E-state index contributed by atoms with van der Waals surface area (Å²) in [5.41, 5.74) is 0.832. The molecule has 0 aliphatic carbocycles. The molecule has 0 spiro atoms. The van der Waals surface area contributed by atoms with Crippen LogP contribution in [0.4, 0.5) is 5.13 Å². The van der Waals surface area contributed by atoms with Gasteiger partial charge in [-0.2, -0.15) is 11.8 Å². The number of carboxylic acids is 1. The highest BCUT2D eigenvalue weighted by Crippen LogP contribution is 2.20. The fourth-order valence-corrected chi connectivity index (χ4v) is 3.08. The number of aliphatic carboxylic acids is 1. The fraction of sp³-hybridized carbons (Fsp3) is 0.455. The number of thiazole rings is 1. The van der Waals surface area contributed by atoms with Gasteiger partial charge in [0.15, 0.2) is 5.13 Å². The van der Waals surface area contributed by atoms with E-state index in [4.69, 9.17) is 5.11 Å². The third kappa shape index (κ3) is 6.02. The molecule has 1 atom stereocenters. The van der Waals surface area contributed by atoms with E-state index in [-0.39, 0.29) is 5.91 Å². The lowest BCUT2D eigenvalue weighted by Crippen LogP contribution is -2.36. The number of aromatic nitrogens is 1. The smallest absolute Gasteiger partial charge is 0.326 e. The van der Waals surface area contributed by atoms with Crippen molar-refractivity contribution >= 4 is 46.5 Å². The lowest BCUT2D eigenvalue weighted by Gasteiger charge is -2.09. The van der Waals surface area contributed by atoms with Crippen molar-refractivity contribution in [1.29, 1.82) is 0 Å². The molecule has 1 unspecified atom stereocenters. The summed E-state index contributed by atoms with van der Waals surface area (Å²) in [6.07, 6.45) is 0.741. The molecule has 0 saturated carbocycles. The van der Waals surface area contributed by atoms with Gasteiger partial charge in [0, 0.05) is 18.1 Å². The number of amides is 2. The van der Waals surface area contributed by atoms with Gasteiger partial charge in [0.05, 0.1) is 5.69 Å². The maximum atomic E-state index is 10.8. The average Bonchev–Trinajstić information content (AvgIpc) is 2.79. The second-order valence-corrected chi connectivity index (χ2v) is 5.81. The van der Waals surface area contributed by atoms with Crippen LogP contribution in [0.25, 0.3) is 0 Å². The number of nitrogens with zero attached hydrogens (tertiary/aromatic N) is 1. The first-order chi connectivity index (χ1) is 9.52. The zero-order chi connectivity index (χ0) is 15.0. The molecule has 9 heteroatoms. The lowest BCUT2D eigenvalue weighted by atomic mass is 10.2.